The largest absolute Gasteiger partial charge is 0.317 e. The predicted octanol–water partition coefficient (Wildman–Crippen LogP) is 4.09. The van der Waals surface area contributed by atoms with Crippen LogP contribution in [0.1, 0.15) is 35.9 Å². The summed E-state index contributed by atoms with van der Waals surface area (Å²) in [5, 5.41) is 5.57. The molecule has 0 amide bonds. The van der Waals surface area contributed by atoms with Crippen LogP contribution in [-0.2, 0) is 13.0 Å². The maximum Gasteiger partial charge on any atom is 0.0413 e. The average Bonchev–Trinajstić information content (AvgIpc) is 3.02. The van der Waals surface area contributed by atoms with Gasteiger partial charge in [-0.15, -0.1) is 11.3 Å². The van der Waals surface area contributed by atoms with E-state index in [9.17, 15) is 0 Å². The molecule has 1 unspecified atom stereocenters. The summed E-state index contributed by atoms with van der Waals surface area (Å²) < 4.78 is 0. The zero-order valence-electron chi connectivity index (χ0n) is 13.3. The lowest BCUT2D eigenvalue weighted by Gasteiger charge is -2.25. The van der Waals surface area contributed by atoms with Gasteiger partial charge in [-0.3, -0.25) is 4.90 Å². The van der Waals surface area contributed by atoms with Crippen LogP contribution in [0.3, 0.4) is 0 Å². The van der Waals surface area contributed by atoms with Gasteiger partial charge >= 0.3 is 0 Å². The quantitative estimate of drug-likeness (QED) is 0.739. The van der Waals surface area contributed by atoms with Gasteiger partial charge in [0, 0.05) is 17.5 Å². The van der Waals surface area contributed by atoms with Crippen LogP contribution in [0.2, 0.25) is 0 Å². The second-order valence-electron chi connectivity index (χ2n) is 5.48. The first kappa shape index (κ1) is 16.2. The highest BCUT2D eigenvalue weighted by Gasteiger charge is 2.14. The van der Waals surface area contributed by atoms with Crippen LogP contribution >= 0.6 is 11.3 Å². The molecule has 1 aromatic heterocycles. The highest BCUT2D eigenvalue weighted by Crippen LogP contribution is 2.25. The van der Waals surface area contributed by atoms with Gasteiger partial charge in [0.2, 0.25) is 0 Å². The van der Waals surface area contributed by atoms with Crippen LogP contribution in [-0.4, -0.2) is 25.0 Å². The summed E-state index contributed by atoms with van der Waals surface area (Å²) in [4.78, 5) is 3.86. The van der Waals surface area contributed by atoms with Crippen molar-refractivity contribution < 1.29 is 0 Å². The van der Waals surface area contributed by atoms with Crippen molar-refractivity contribution in [1.82, 2.24) is 10.2 Å². The van der Waals surface area contributed by atoms with E-state index in [-0.39, 0.29) is 0 Å². The van der Waals surface area contributed by atoms with Crippen molar-refractivity contribution in [2.75, 3.05) is 20.1 Å². The zero-order valence-corrected chi connectivity index (χ0v) is 14.1. The third-order valence-electron chi connectivity index (χ3n) is 3.98. The monoisotopic (exact) mass is 302 g/mol. The molecule has 0 bridgehead atoms. The van der Waals surface area contributed by atoms with E-state index in [0.29, 0.717) is 6.04 Å². The Hall–Kier alpha value is -1.16. The fourth-order valence-electron chi connectivity index (χ4n) is 2.51. The highest BCUT2D eigenvalue weighted by molar-refractivity contribution is 7.10. The molecule has 0 aliphatic heterocycles. The number of rotatable bonds is 8. The third-order valence-corrected chi connectivity index (χ3v) is 5.02. The SMILES string of the molecule is CCNCCc1ccccc1CN(C)C(C)c1cccs1. The minimum atomic E-state index is 0.465. The molecule has 0 saturated heterocycles. The molecule has 0 aliphatic carbocycles. The highest BCUT2D eigenvalue weighted by atomic mass is 32.1. The van der Waals surface area contributed by atoms with Crippen LogP contribution in [0.5, 0.6) is 0 Å². The molecule has 0 spiro atoms. The van der Waals surface area contributed by atoms with E-state index in [4.69, 9.17) is 0 Å². The molecule has 1 N–H and O–H groups in total. The third kappa shape index (κ3) is 4.67. The molecule has 2 nitrogen and oxygen atoms in total. The summed E-state index contributed by atoms with van der Waals surface area (Å²) in [7, 11) is 2.21. The number of hydrogen-bond donors (Lipinski definition) is 1. The number of nitrogens with one attached hydrogen (secondary N) is 1. The molecule has 0 radical (unpaired) electrons. The fourth-order valence-corrected chi connectivity index (χ4v) is 3.36. The van der Waals surface area contributed by atoms with E-state index in [1.54, 1.807) is 0 Å². The summed E-state index contributed by atoms with van der Waals surface area (Å²) in [6, 6.07) is 13.6. The van der Waals surface area contributed by atoms with Crippen molar-refractivity contribution >= 4 is 11.3 Å². The van der Waals surface area contributed by atoms with E-state index >= 15 is 0 Å². The summed E-state index contributed by atoms with van der Waals surface area (Å²) in [6.07, 6.45) is 1.10. The lowest BCUT2D eigenvalue weighted by molar-refractivity contribution is 0.255. The van der Waals surface area contributed by atoms with Gasteiger partial charge in [0.25, 0.3) is 0 Å². The normalized spacial score (nSPS) is 12.8. The standard InChI is InChI=1S/C18H26N2S/c1-4-19-12-11-16-8-5-6-9-17(16)14-20(3)15(2)18-10-7-13-21-18/h5-10,13,15,19H,4,11-12,14H2,1-3H3. The van der Waals surface area contributed by atoms with Crippen LogP contribution in [0, 0.1) is 0 Å². The maximum absolute atomic E-state index is 3.41. The van der Waals surface area contributed by atoms with Crippen LogP contribution < -0.4 is 5.32 Å². The Morgan fingerprint density at radius 1 is 1.14 bits per heavy atom. The van der Waals surface area contributed by atoms with Crippen molar-refractivity contribution in [3.63, 3.8) is 0 Å². The number of hydrogen-bond acceptors (Lipinski definition) is 3. The van der Waals surface area contributed by atoms with E-state index < -0.39 is 0 Å². The van der Waals surface area contributed by atoms with E-state index in [0.717, 1.165) is 26.1 Å². The maximum atomic E-state index is 3.41. The van der Waals surface area contributed by atoms with Gasteiger partial charge in [-0.1, -0.05) is 37.3 Å². The van der Waals surface area contributed by atoms with Crippen LogP contribution in [0.25, 0.3) is 0 Å². The van der Waals surface area contributed by atoms with Gasteiger partial charge in [-0.25, -0.2) is 0 Å². The van der Waals surface area contributed by atoms with Gasteiger partial charge in [0.05, 0.1) is 0 Å². The molecular formula is C18H26N2S. The Balaban J connectivity index is 2.01. The predicted molar refractivity (Wildman–Crippen MR) is 92.9 cm³/mol. The molecule has 2 rings (SSSR count). The van der Waals surface area contributed by atoms with Gasteiger partial charge in [-0.05, 0) is 56.1 Å². The van der Waals surface area contributed by atoms with Crippen LogP contribution in [0.15, 0.2) is 41.8 Å². The summed E-state index contributed by atoms with van der Waals surface area (Å²) in [5.41, 5.74) is 2.91. The summed E-state index contributed by atoms with van der Waals surface area (Å²) in [5.74, 6) is 0. The first-order valence-corrected chi connectivity index (χ1v) is 8.61. The average molecular weight is 302 g/mol. The minimum absolute atomic E-state index is 0.465. The molecule has 3 heteroatoms. The molecular weight excluding hydrogens is 276 g/mol. The first-order valence-electron chi connectivity index (χ1n) is 7.73. The van der Waals surface area contributed by atoms with Crippen molar-refractivity contribution in [3.05, 3.63) is 57.8 Å². The molecule has 114 valence electrons. The van der Waals surface area contributed by atoms with Crippen molar-refractivity contribution in [2.24, 2.45) is 0 Å². The molecule has 1 atom stereocenters. The smallest absolute Gasteiger partial charge is 0.0413 e. The summed E-state index contributed by atoms with van der Waals surface area (Å²) >= 11 is 1.84. The molecule has 0 fully saturated rings. The number of thiophene rings is 1. The molecule has 21 heavy (non-hydrogen) atoms. The molecule has 2 aromatic rings. The molecule has 1 heterocycles. The van der Waals surface area contributed by atoms with Crippen molar-refractivity contribution in [2.45, 2.75) is 32.9 Å². The number of nitrogens with zero attached hydrogens (tertiary/aromatic N) is 1. The number of likely N-dealkylation sites (N-methyl/N-ethyl adjacent to an activating group) is 1. The molecule has 0 saturated carbocycles. The van der Waals surface area contributed by atoms with Gasteiger partial charge in [0.15, 0.2) is 0 Å². The Morgan fingerprint density at radius 2 is 1.90 bits per heavy atom. The fraction of sp³-hybridized carbons (Fsp3) is 0.444. The Morgan fingerprint density at radius 3 is 2.57 bits per heavy atom. The van der Waals surface area contributed by atoms with Crippen molar-refractivity contribution in [3.8, 4) is 0 Å². The Kier molecular flexibility index (Phi) is 6.43. The van der Waals surface area contributed by atoms with Gasteiger partial charge < -0.3 is 5.32 Å². The molecule has 0 aliphatic rings. The second-order valence-corrected chi connectivity index (χ2v) is 6.46. The Bertz CT molecular complexity index is 522. The zero-order chi connectivity index (χ0) is 15.1. The van der Waals surface area contributed by atoms with Gasteiger partial charge in [0.1, 0.15) is 0 Å². The van der Waals surface area contributed by atoms with E-state index in [2.05, 4.69) is 72.9 Å². The van der Waals surface area contributed by atoms with E-state index in [1.165, 1.54) is 16.0 Å². The lowest BCUT2D eigenvalue weighted by Crippen LogP contribution is -2.23. The topological polar surface area (TPSA) is 15.3 Å². The minimum Gasteiger partial charge on any atom is -0.317 e. The molecule has 1 aromatic carbocycles. The first-order chi connectivity index (χ1) is 10.2. The summed E-state index contributed by atoms with van der Waals surface area (Å²) in [6.45, 7) is 7.53. The second kappa shape index (κ2) is 8.32. The van der Waals surface area contributed by atoms with Crippen molar-refractivity contribution in [1.29, 1.82) is 0 Å². The number of benzene rings is 1. The lowest BCUT2D eigenvalue weighted by atomic mass is 10.0. The van der Waals surface area contributed by atoms with E-state index in [1.807, 2.05) is 11.3 Å². The van der Waals surface area contributed by atoms with Gasteiger partial charge in [-0.2, -0.15) is 0 Å². The Labute approximate surface area is 132 Å². The van der Waals surface area contributed by atoms with Crippen LogP contribution in [0.4, 0.5) is 0 Å².